The molecule has 5 rings (SSSR count). The van der Waals surface area contributed by atoms with E-state index < -0.39 is 6.04 Å². The molecule has 0 radical (unpaired) electrons. The molecule has 2 amide bonds. The van der Waals surface area contributed by atoms with Crippen molar-refractivity contribution in [1.82, 2.24) is 20.4 Å². The Morgan fingerprint density at radius 3 is 2.65 bits per heavy atom. The average molecular weight is 449 g/mol. The number of benzene rings is 3. The fourth-order valence-electron chi connectivity index (χ4n) is 4.44. The zero-order chi connectivity index (χ0) is 23.5. The highest BCUT2D eigenvalue weighted by Crippen LogP contribution is 2.25. The lowest BCUT2D eigenvalue weighted by atomic mass is 10.00. The molecular weight excluding hydrogens is 424 g/mol. The van der Waals surface area contributed by atoms with Crippen molar-refractivity contribution in [3.63, 3.8) is 0 Å². The number of carbonyl (C=O) groups excluding carboxylic acids is 2. The van der Waals surface area contributed by atoms with Crippen LogP contribution in [-0.4, -0.2) is 46.5 Å². The van der Waals surface area contributed by atoms with Crippen molar-refractivity contribution in [1.29, 1.82) is 0 Å². The number of rotatable bonds is 3. The Balaban J connectivity index is 1.48. The first-order valence-corrected chi connectivity index (χ1v) is 11.3. The molecule has 6 heteroatoms. The van der Waals surface area contributed by atoms with Crippen molar-refractivity contribution in [3.8, 4) is 23.0 Å². The minimum absolute atomic E-state index is 0.126. The summed E-state index contributed by atoms with van der Waals surface area (Å²) in [5.74, 6) is 6.20. The Morgan fingerprint density at radius 1 is 1.03 bits per heavy atom. The third kappa shape index (κ3) is 4.04. The van der Waals surface area contributed by atoms with Crippen LogP contribution in [-0.2, 0) is 4.79 Å². The van der Waals surface area contributed by atoms with E-state index in [1.807, 2.05) is 48.5 Å². The minimum Gasteiger partial charge on any atom is -0.357 e. The van der Waals surface area contributed by atoms with Gasteiger partial charge in [-0.3, -0.25) is 14.7 Å². The number of aromatic nitrogens is 2. The molecule has 1 aromatic heterocycles. The summed E-state index contributed by atoms with van der Waals surface area (Å²) in [6.45, 7) is 0.573. The molecule has 1 aliphatic heterocycles. The molecule has 2 heterocycles. The number of hydrogen-bond acceptors (Lipinski definition) is 3. The molecule has 1 aliphatic rings. The lowest BCUT2D eigenvalue weighted by Gasteiger charge is -2.23. The summed E-state index contributed by atoms with van der Waals surface area (Å²) >= 11 is 0. The van der Waals surface area contributed by atoms with Crippen LogP contribution in [0.5, 0.6) is 0 Å². The molecule has 168 valence electrons. The molecule has 1 fully saturated rings. The van der Waals surface area contributed by atoms with E-state index in [0.29, 0.717) is 24.2 Å². The molecule has 1 unspecified atom stereocenters. The van der Waals surface area contributed by atoms with Crippen LogP contribution < -0.4 is 5.32 Å². The summed E-state index contributed by atoms with van der Waals surface area (Å²) in [5.41, 5.74) is 4.99. The van der Waals surface area contributed by atoms with Gasteiger partial charge in [-0.1, -0.05) is 54.5 Å². The van der Waals surface area contributed by atoms with E-state index in [4.69, 9.17) is 0 Å². The summed E-state index contributed by atoms with van der Waals surface area (Å²) in [6, 6.07) is 23.1. The minimum atomic E-state index is -0.425. The van der Waals surface area contributed by atoms with E-state index >= 15 is 0 Å². The standard InChI is InChI=1S/C28H24N4O2/c1-29-27(33)26-12-7-17-32(26)28(34)21-14-16-25-23(18-21)24(30-31-25)15-13-20-10-5-6-11-22(20)19-8-3-2-4-9-19/h2-6,8-11,14,16,18,26H,7,12,17H2,1H3,(H,29,33)(H,30,31). The van der Waals surface area contributed by atoms with Gasteiger partial charge in [-0.25, -0.2) is 0 Å². The van der Waals surface area contributed by atoms with Crippen LogP contribution in [0.1, 0.15) is 34.5 Å². The molecule has 3 aromatic carbocycles. The van der Waals surface area contributed by atoms with Gasteiger partial charge in [-0.15, -0.1) is 0 Å². The maximum absolute atomic E-state index is 13.2. The third-order valence-corrected chi connectivity index (χ3v) is 6.20. The maximum Gasteiger partial charge on any atom is 0.254 e. The number of fused-ring (bicyclic) bond motifs is 1. The number of nitrogens with one attached hydrogen (secondary N) is 2. The van der Waals surface area contributed by atoms with E-state index in [9.17, 15) is 9.59 Å². The van der Waals surface area contributed by atoms with Gasteiger partial charge in [0.25, 0.3) is 5.91 Å². The van der Waals surface area contributed by atoms with Gasteiger partial charge in [-0.2, -0.15) is 5.10 Å². The lowest BCUT2D eigenvalue weighted by Crippen LogP contribution is -2.44. The Bertz CT molecular complexity index is 1430. The van der Waals surface area contributed by atoms with Crippen molar-refractivity contribution in [2.24, 2.45) is 0 Å². The first kappa shape index (κ1) is 21.5. The molecule has 1 atom stereocenters. The molecule has 0 saturated carbocycles. The molecule has 0 bridgehead atoms. The molecular formula is C28H24N4O2. The van der Waals surface area contributed by atoms with Crippen LogP contribution in [0.25, 0.3) is 22.0 Å². The zero-order valence-corrected chi connectivity index (χ0v) is 18.8. The van der Waals surface area contributed by atoms with E-state index in [0.717, 1.165) is 34.0 Å². The highest BCUT2D eigenvalue weighted by Gasteiger charge is 2.34. The van der Waals surface area contributed by atoms with Crippen molar-refractivity contribution in [3.05, 3.63) is 89.6 Å². The first-order chi connectivity index (χ1) is 16.7. The Morgan fingerprint density at radius 2 is 1.82 bits per heavy atom. The number of nitrogens with zero attached hydrogens (tertiary/aromatic N) is 2. The van der Waals surface area contributed by atoms with Crippen LogP contribution in [0.2, 0.25) is 0 Å². The summed E-state index contributed by atoms with van der Waals surface area (Å²) in [5, 5.41) is 10.8. The number of amides is 2. The average Bonchev–Trinajstić information content (AvgIpc) is 3.54. The lowest BCUT2D eigenvalue weighted by molar-refractivity contribution is -0.124. The van der Waals surface area contributed by atoms with E-state index in [1.54, 1.807) is 18.0 Å². The van der Waals surface area contributed by atoms with Crippen LogP contribution in [0, 0.1) is 11.8 Å². The number of hydrogen-bond donors (Lipinski definition) is 2. The van der Waals surface area contributed by atoms with E-state index in [1.165, 1.54) is 0 Å². The van der Waals surface area contributed by atoms with Gasteiger partial charge in [0.15, 0.2) is 0 Å². The van der Waals surface area contributed by atoms with Crippen molar-refractivity contribution < 1.29 is 9.59 Å². The topological polar surface area (TPSA) is 78.1 Å². The number of likely N-dealkylation sites (N-methyl/N-ethyl adjacent to an activating group) is 1. The molecule has 6 nitrogen and oxygen atoms in total. The van der Waals surface area contributed by atoms with Gasteiger partial charge < -0.3 is 10.2 Å². The van der Waals surface area contributed by atoms with Gasteiger partial charge in [0, 0.05) is 30.1 Å². The van der Waals surface area contributed by atoms with Gasteiger partial charge in [0.2, 0.25) is 5.91 Å². The fraction of sp³-hybridized carbons (Fsp3) is 0.179. The Hall–Kier alpha value is -4.37. The number of likely N-dealkylation sites (tertiary alicyclic amines) is 1. The quantitative estimate of drug-likeness (QED) is 0.466. The van der Waals surface area contributed by atoms with Crippen LogP contribution in [0.3, 0.4) is 0 Å². The number of aromatic amines is 1. The molecule has 4 aromatic rings. The van der Waals surface area contributed by atoms with Crippen molar-refractivity contribution >= 4 is 22.7 Å². The highest BCUT2D eigenvalue weighted by molar-refractivity contribution is 6.01. The van der Waals surface area contributed by atoms with Gasteiger partial charge >= 0.3 is 0 Å². The van der Waals surface area contributed by atoms with Crippen LogP contribution in [0.15, 0.2) is 72.8 Å². The summed E-state index contributed by atoms with van der Waals surface area (Å²) in [4.78, 5) is 27.1. The van der Waals surface area contributed by atoms with Crippen molar-refractivity contribution in [2.75, 3.05) is 13.6 Å². The normalized spacial score (nSPS) is 15.1. The number of carbonyl (C=O) groups is 2. The smallest absolute Gasteiger partial charge is 0.254 e. The van der Waals surface area contributed by atoms with Gasteiger partial charge in [-0.05, 0) is 54.2 Å². The van der Waals surface area contributed by atoms with Crippen LogP contribution in [0.4, 0.5) is 0 Å². The fourth-order valence-corrected chi connectivity index (χ4v) is 4.44. The van der Waals surface area contributed by atoms with E-state index in [-0.39, 0.29) is 11.8 Å². The monoisotopic (exact) mass is 448 g/mol. The second-order valence-electron chi connectivity index (χ2n) is 8.26. The van der Waals surface area contributed by atoms with Gasteiger partial charge in [0.1, 0.15) is 11.7 Å². The number of H-pyrrole nitrogens is 1. The summed E-state index contributed by atoms with van der Waals surface area (Å²) in [6.07, 6.45) is 1.49. The first-order valence-electron chi connectivity index (χ1n) is 11.3. The maximum atomic E-state index is 13.2. The summed E-state index contributed by atoms with van der Waals surface area (Å²) in [7, 11) is 1.60. The Kier molecular flexibility index (Phi) is 5.84. The van der Waals surface area contributed by atoms with Crippen LogP contribution >= 0.6 is 0 Å². The second-order valence-corrected chi connectivity index (χ2v) is 8.26. The second kappa shape index (κ2) is 9.24. The zero-order valence-electron chi connectivity index (χ0n) is 18.8. The highest BCUT2D eigenvalue weighted by atomic mass is 16.2. The SMILES string of the molecule is CNC(=O)C1CCCN1C(=O)c1ccc2n[nH]c(C#Cc3ccccc3-c3ccccc3)c2c1. The largest absolute Gasteiger partial charge is 0.357 e. The molecule has 34 heavy (non-hydrogen) atoms. The predicted molar refractivity (Wildman–Crippen MR) is 132 cm³/mol. The Labute approximate surface area is 198 Å². The van der Waals surface area contributed by atoms with Gasteiger partial charge in [0.05, 0.1) is 5.52 Å². The summed E-state index contributed by atoms with van der Waals surface area (Å²) < 4.78 is 0. The molecule has 2 N–H and O–H groups in total. The molecule has 0 spiro atoms. The predicted octanol–water partition coefficient (Wildman–Crippen LogP) is 3.98. The molecule has 1 saturated heterocycles. The third-order valence-electron chi connectivity index (χ3n) is 6.20. The van der Waals surface area contributed by atoms with E-state index in [2.05, 4.69) is 45.6 Å². The molecule has 0 aliphatic carbocycles. The van der Waals surface area contributed by atoms with Crippen molar-refractivity contribution in [2.45, 2.75) is 18.9 Å².